The van der Waals surface area contributed by atoms with Crippen molar-refractivity contribution < 1.29 is 14.6 Å². The Balaban J connectivity index is 1.86. The molecule has 4 nitrogen and oxygen atoms in total. The molecule has 4 heteroatoms. The van der Waals surface area contributed by atoms with Gasteiger partial charge in [-0.1, -0.05) is 30.4 Å². The van der Waals surface area contributed by atoms with Crippen LogP contribution in [0.25, 0.3) is 0 Å². The average Bonchev–Trinajstić information content (AvgIpc) is 2.47. The first-order valence-corrected chi connectivity index (χ1v) is 6.70. The summed E-state index contributed by atoms with van der Waals surface area (Å²) in [5.41, 5.74) is 7.68. The maximum Gasteiger partial charge on any atom is 0.320 e. The lowest BCUT2D eigenvalue weighted by molar-refractivity contribution is -0.138. The molecule has 0 amide bonds. The summed E-state index contributed by atoms with van der Waals surface area (Å²) in [5, 5.41) is 8.76. The van der Waals surface area contributed by atoms with Gasteiger partial charge in [0.2, 0.25) is 0 Å². The quantitative estimate of drug-likeness (QED) is 0.834. The van der Waals surface area contributed by atoms with Gasteiger partial charge in [-0.3, -0.25) is 4.79 Å². The van der Waals surface area contributed by atoms with Gasteiger partial charge in [0.15, 0.2) is 0 Å². The minimum absolute atomic E-state index is 0.325. The Morgan fingerprint density at radius 2 is 2.10 bits per heavy atom. The highest BCUT2D eigenvalue weighted by Gasteiger charge is 2.11. The third-order valence-electron chi connectivity index (χ3n) is 3.22. The molecule has 1 atom stereocenters. The van der Waals surface area contributed by atoms with E-state index in [9.17, 15) is 4.79 Å². The molecule has 1 unspecified atom stereocenters. The van der Waals surface area contributed by atoms with Crippen LogP contribution in [0.2, 0.25) is 0 Å². The summed E-state index contributed by atoms with van der Waals surface area (Å²) in [4.78, 5) is 10.7. The molecule has 106 valence electrons. The molecule has 0 heterocycles. The van der Waals surface area contributed by atoms with Crippen molar-refractivity contribution in [2.45, 2.75) is 25.3 Å². The van der Waals surface area contributed by atoms with Gasteiger partial charge in [-0.25, -0.2) is 0 Å². The van der Waals surface area contributed by atoms with Gasteiger partial charge in [0.1, 0.15) is 18.4 Å². The van der Waals surface area contributed by atoms with Crippen LogP contribution in [0, 0.1) is 0 Å². The number of nitrogens with two attached hydrogens (primary N) is 1. The average molecular weight is 273 g/mol. The van der Waals surface area contributed by atoms with Crippen molar-refractivity contribution in [3.63, 3.8) is 0 Å². The Kier molecular flexibility index (Phi) is 4.96. The molecule has 0 aliphatic heterocycles. The summed E-state index contributed by atoms with van der Waals surface area (Å²) >= 11 is 0. The van der Waals surface area contributed by atoms with E-state index in [1.165, 1.54) is 5.57 Å². The van der Waals surface area contributed by atoms with Crippen LogP contribution in [0.4, 0.5) is 0 Å². The Hall–Kier alpha value is -2.07. The van der Waals surface area contributed by atoms with Gasteiger partial charge in [-0.05, 0) is 42.5 Å². The molecule has 0 radical (unpaired) electrons. The fourth-order valence-electron chi connectivity index (χ4n) is 2.01. The first kappa shape index (κ1) is 14.3. The number of carboxylic acid groups (broad SMARTS) is 1. The number of ether oxygens (including phenoxy) is 1. The second-order valence-electron chi connectivity index (χ2n) is 4.87. The maximum atomic E-state index is 10.7. The zero-order chi connectivity index (χ0) is 14.4. The third-order valence-corrected chi connectivity index (χ3v) is 3.22. The molecular formula is C16H19NO3. The minimum Gasteiger partial charge on any atom is -0.489 e. The number of benzene rings is 1. The molecule has 1 aromatic rings. The normalized spacial score (nSPS) is 15.6. The van der Waals surface area contributed by atoms with Crippen molar-refractivity contribution in [3.8, 4) is 5.75 Å². The Bertz CT molecular complexity index is 517. The summed E-state index contributed by atoms with van der Waals surface area (Å²) in [5.74, 6) is -0.198. The van der Waals surface area contributed by atoms with Crippen molar-refractivity contribution in [2.75, 3.05) is 6.61 Å². The van der Waals surface area contributed by atoms with Gasteiger partial charge in [0, 0.05) is 0 Å². The van der Waals surface area contributed by atoms with Gasteiger partial charge < -0.3 is 15.6 Å². The van der Waals surface area contributed by atoms with Crippen LogP contribution in [0.1, 0.15) is 18.4 Å². The van der Waals surface area contributed by atoms with Gasteiger partial charge in [-0.15, -0.1) is 0 Å². The van der Waals surface area contributed by atoms with Gasteiger partial charge in [0.25, 0.3) is 0 Å². The first-order valence-electron chi connectivity index (χ1n) is 6.70. The van der Waals surface area contributed by atoms with Gasteiger partial charge >= 0.3 is 5.97 Å². The fraction of sp³-hybridized carbons (Fsp3) is 0.312. The van der Waals surface area contributed by atoms with E-state index < -0.39 is 12.0 Å². The van der Waals surface area contributed by atoms with Crippen LogP contribution in [-0.2, 0) is 11.2 Å². The first-order chi connectivity index (χ1) is 9.65. The van der Waals surface area contributed by atoms with E-state index in [4.69, 9.17) is 15.6 Å². The van der Waals surface area contributed by atoms with Crippen LogP contribution in [0.5, 0.6) is 5.75 Å². The van der Waals surface area contributed by atoms with E-state index in [2.05, 4.69) is 18.2 Å². The highest BCUT2D eigenvalue weighted by atomic mass is 16.5. The van der Waals surface area contributed by atoms with Crippen LogP contribution in [-0.4, -0.2) is 23.7 Å². The molecule has 0 saturated heterocycles. The van der Waals surface area contributed by atoms with Crippen LogP contribution < -0.4 is 10.5 Å². The monoisotopic (exact) mass is 273 g/mol. The molecule has 1 aliphatic carbocycles. The number of hydrogen-bond donors (Lipinski definition) is 2. The fourth-order valence-corrected chi connectivity index (χ4v) is 2.01. The Labute approximate surface area is 118 Å². The second kappa shape index (κ2) is 6.91. The van der Waals surface area contributed by atoms with Crippen LogP contribution >= 0.6 is 0 Å². The van der Waals surface area contributed by atoms with Crippen molar-refractivity contribution in [3.05, 3.63) is 53.6 Å². The standard InChI is InChI=1S/C16H19NO3/c17-15(16(18)19)10-12-6-8-14(9-7-12)20-11-13-4-2-1-3-5-13/h1-2,4,6-9,15H,3,5,10-11,17H2,(H,18,19). The third kappa shape index (κ3) is 4.24. The molecule has 3 N–H and O–H groups in total. The van der Waals surface area contributed by atoms with Crippen molar-refractivity contribution in [1.29, 1.82) is 0 Å². The van der Waals surface area contributed by atoms with E-state index >= 15 is 0 Å². The predicted molar refractivity (Wildman–Crippen MR) is 77.7 cm³/mol. The second-order valence-corrected chi connectivity index (χ2v) is 4.87. The van der Waals surface area contributed by atoms with Crippen LogP contribution in [0.3, 0.4) is 0 Å². The lowest BCUT2D eigenvalue weighted by atomic mass is 10.1. The smallest absolute Gasteiger partial charge is 0.320 e. The van der Waals surface area contributed by atoms with Crippen molar-refractivity contribution in [1.82, 2.24) is 0 Å². The summed E-state index contributed by atoms with van der Waals surface area (Å²) in [6, 6.07) is 6.55. The zero-order valence-electron chi connectivity index (χ0n) is 11.3. The number of hydrogen-bond acceptors (Lipinski definition) is 3. The largest absolute Gasteiger partial charge is 0.489 e. The molecule has 0 spiro atoms. The lowest BCUT2D eigenvalue weighted by Crippen LogP contribution is -2.32. The zero-order valence-corrected chi connectivity index (χ0v) is 11.3. The number of allylic oxidation sites excluding steroid dienone is 3. The van der Waals surface area contributed by atoms with E-state index in [0.29, 0.717) is 13.0 Å². The summed E-state index contributed by atoms with van der Waals surface area (Å²) in [6.07, 6.45) is 8.72. The number of carboxylic acids is 1. The van der Waals surface area contributed by atoms with E-state index in [-0.39, 0.29) is 0 Å². The van der Waals surface area contributed by atoms with E-state index in [1.54, 1.807) is 0 Å². The predicted octanol–water partition coefficient (Wildman–Crippen LogP) is 2.30. The Morgan fingerprint density at radius 1 is 1.35 bits per heavy atom. The number of carbonyl (C=O) groups is 1. The van der Waals surface area contributed by atoms with Gasteiger partial charge in [-0.2, -0.15) is 0 Å². The van der Waals surface area contributed by atoms with E-state index in [0.717, 1.165) is 24.2 Å². The summed E-state index contributed by atoms with van der Waals surface area (Å²) < 4.78 is 5.70. The highest BCUT2D eigenvalue weighted by Crippen LogP contribution is 2.17. The lowest BCUT2D eigenvalue weighted by Gasteiger charge is -2.12. The molecule has 0 bridgehead atoms. The number of rotatable bonds is 6. The van der Waals surface area contributed by atoms with E-state index in [1.807, 2.05) is 24.3 Å². The summed E-state index contributed by atoms with van der Waals surface area (Å²) in [6.45, 7) is 0.596. The molecule has 0 aromatic heterocycles. The number of aliphatic carboxylic acids is 1. The SMILES string of the molecule is NC(Cc1ccc(OCC2=CC=CCC2)cc1)C(=O)O. The molecule has 2 rings (SSSR count). The van der Waals surface area contributed by atoms with Gasteiger partial charge in [0.05, 0.1) is 0 Å². The molecule has 1 aliphatic rings. The van der Waals surface area contributed by atoms with Crippen molar-refractivity contribution in [2.24, 2.45) is 5.73 Å². The molecule has 1 aromatic carbocycles. The van der Waals surface area contributed by atoms with Crippen LogP contribution in [0.15, 0.2) is 48.1 Å². The molecule has 0 fully saturated rings. The minimum atomic E-state index is -0.984. The molecule has 20 heavy (non-hydrogen) atoms. The highest BCUT2D eigenvalue weighted by molar-refractivity contribution is 5.73. The molecule has 0 saturated carbocycles. The maximum absolute atomic E-state index is 10.7. The molecular weight excluding hydrogens is 254 g/mol. The topological polar surface area (TPSA) is 72.5 Å². The Morgan fingerprint density at radius 3 is 2.70 bits per heavy atom. The summed E-state index contributed by atoms with van der Waals surface area (Å²) in [7, 11) is 0. The van der Waals surface area contributed by atoms with Crippen molar-refractivity contribution >= 4 is 5.97 Å².